The molecular weight excluding hydrogens is 282 g/mol. The fourth-order valence-corrected chi connectivity index (χ4v) is 2.29. The molecule has 0 aromatic carbocycles. The van der Waals surface area contributed by atoms with E-state index in [1.807, 2.05) is 12.1 Å². The van der Waals surface area contributed by atoms with Crippen LogP contribution in [0, 0.1) is 0 Å². The first-order valence-electron chi connectivity index (χ1n) is 5.47. The van der Waals surface area contributed by atoms with Crippen molar-refractivity contribution in [2.24, 2.45) is 0 Å². The van der Waals surface area contributed by atoms with Gasteiger partial charge in [0, 0.05) is 10.7 Å². The van der Waals surface area contributed by atoms with Crippen molar-refractivity contribution in [1.82, 2.24) is 4.98 Å². The summed E-state index contributed by atoms with van der Waals surface area (Å²) in [5.74, 6) is 0. The van der Waals surface area contributed by atoms with Crippen molar-refractivity contribution in [1.29, 1.82) is 0 Å². The van der Waals surface area contributed by atoms with Crippen molar-refractivity contribution in [2.75, 3.05) is 0 Å². The third kappa shape index (κ3) is 3.40. The van der Waals surface area contributed by atoms with E-state index >= 15 is 0 Å². The smallest absolute Gasteiger partial charge is 0.192 e. The SMILES string of the molecule is CC(C)(C)[Si](C)(C)OCc1ncccc1Br. The molecule has 0 N–H and O–H groups in total. The van der Waals surface area contributed by atoms with Gasteiger partial charge in [-0.15, -0.1) is 0 Å². The summed E-state index contributed by atoms with van der Waals surface area (Å²) in [6, 6.07) is 3.91. The maximum atomic E-state index is 6.11. The van der Waals surface area contributed by atoms with E-state index in [0.29, 0.717) is 6.61 Å². The van der Waals surface area contributed by atoms with Gasteiger partial charge in [0.05, 0.1) is 12.3 Å². The Morgan fingerprint density at radius 3 is 2.50 bits per heavy atom. The van der Waals surface area contributed by atoms with Crippen LogP contribution in [0.3, 0.4) is 0 Å². The second-order valence-corrected chi connectivity index (χ2v) is 11.1. The Hall–Kier alpha value is -0.193. The van der Waals surface area contributed by atoms with Crippen molar-refractivity contribution in [3.63, 3.8) is 0 Å². The molecule has 0 aliphatic carbocycles. The van der Waals surface area contributed by atoms with Gasteiger partial charge in [-0.3, -0.25) is 4.98 Å². The first kappa shape index (κ1) is 13.9. The van der Waals surface area contributed by atoms with Gasteiger partial charge in [-0.05, 0) is 46.2 Å². The van der Waals surface area contributed by atoms with Crippen molar-refractivity contribution in [3.05, 3.63) is 28.5 Å². The highest BCUT2D eigenvalue weighted by atomic mass is 79.9. The van der Waals surface area contributed by atoms with E-state index in [-0.39, 0.29) is 5.04 Å². The van der Waals surface area contributed by atoms with Gasteiger partial charge in [0.25, 0.3) is 0 Å². The molecule has 0 spiro atoms. The Bertz CT molecular complexity index is 360. The second-order valence-electron chi connectivity index (χ2n) is 5.48. The highest BCUT2D eigenvalue weighted by molar-refractivity contribution is 9.10. The molecule has 0 atom stereocenters. The topological polar surface area (TPSA) is 22.1 Å². The standard InChI is InChI=1S/C12H20BrNOSi/c1-12(2,3)16(4,5)15-9-11-10(13)7-6-8-14-11/h6-8H,9H2,1-5H3. The van der Waals surface area contributed by atoms with Crippen LogP contribution in [0.4, 0.5) is 0 Å². The Morgan fingerprint density at radius 1 is 1.38 bits per heavy atom. The Labute approximate surface area is 108 Å². The van der Waals surface area contributed by atoms with Crippen LogP contribution in [0.15, 0.2) is 22.8 Å². The zero-order valence-corrected chi connectivity index (χ0v) is 13.3. The number of pyridine rings is 1. The van der Waals surface area contributed by atoms with E-state index in [4.69, 9.17) is 4.43 Å². The minimum atomic E-state index is -1.67. The normalized spacial score (nSPS) is 12.9. The molecule has 90 valence electrons. The van der Waals surface area contributed by atoms with Gasteiger partial charge in [0.2, 0.25) is 0 Å². The van der Waals surface area contributed by atoms with Gasteiger partial charge in [-0.1, -0.05) is 20.8 Å². The molecular formula is C12H20BrNOSi. The van der Waals surface area contributed by atoms with Crippen molar-refractivity contribution in [2.45, 2.75) is 45.5 Å². The average Bonchev–Trinajstić information content (AvgIpc) is 2.15. The third-order valence-electron chi connectivity index (χ3n) is 3.21. The lowest BCUT2D eigenvalue weighted by atomic mass is 10.2. The monoisotopic (exact) mass is 301 g/mol. The lowest BCUT2D eigenvalue weighted by Gasteiger charge is -2.36. The van der Waals surface area contributed by atoms with Crippen LogP contribution in [0.25, 0.3) is 0 Å². The molecule has 0 fully saturated rings. The molecule has 0 amide bonds. The number of halogens is 1. The largest absolute Gasteiger partial charge is 0.411 e. The van der Waals surface area contributed by atoms with E-state index in [2.05, 4.69) is 54.8 Å². The van der Waals surface area contributed by atoms with Crippen molar-refractivity contribution < 1.29 is 4.43 Å². The van der Waals surface area contributed by atoms with Gasteiger partial charge in [-0.25, -0.2) is 0 Å². The molecule has 0 radical (unpaired) electrons. The highest BCUT2D eigenvalue weighted by Gasteiger charge is 2.37. The molecule has 0 unspecified atom stereocenters. The van der Waals surface area contributed by atoms with Crippen LogP contribution < -0.4 is 0 Å². The Balaban J connectivity index is 2.69. The molecule has 0 aliphatic rings. The van der Waals surface area contributed by atoms with Gasteiger partial charge in [-0.2, -0.15) is 0 Å². The fraction of sp³-hybridized carbons (Fsp3) is 0.583. The summed E-state index contributed by atoms with van der Waals surface area (Å²) >= 11 is 3.49. The predicted molar refractivity (Wildman–Crippen MR) is 73.9 cm³/mol. The predicted octanol–water partition coefficient (Wildman–Crippen LogP) is 4.37. The minimum absolute atomic E-state index is 0.244. The summed E-state index contributed by atoms with van der Waals surface area (Å²) in [6.07, 6.45) is 1.80. The first-order valence-corrected chi connectivity index (χ1v) is 9.17. The Morgan fingerprint density at radius 2 is 2.00 bits per heavy atom. The van der Waals surface area contributed by atoms with Gasteiger partial charge >= 0.3 is 0 Å². The lowest BCUT2D eigenvalue weighted by molar-refractivity contribution is 0.271. The molecule has 0 saturated heterocycles. The number of hydrogen-bond acceptors (Lipinski definition) is 2. The summed E-state index contributed by atoms with van der Waals surface area (Å²) in [5.41, 5.74) is 0.979. The van der Waals surface area contributed by atoms with Crippen molar-refractivity contribution >= 4 is 24.2 Å². The number of aromatic nitrogens is 1. The minimum Gasteiger partial charge on any atom is -0.411 e. The lowest BCUT2D eigenvalue weighted by Crippen LogP contribution is -2.40. The van der Waals surface area contributed by atoms with Crippen LogP contribution >= 0.6 is 15.9 Å². The van der Waals surface area contributed by atoms with Crippen LogP contribution in [-0.4, -0.2) is 13.3 Å². The quantitative estimate of drug-likeness (QED) is 0.774. The summed E-state index contributed by atoms with van der Waals surface area (Å²) in [4.78, 5) is 4.31. The number of hydrogen-bond donors (Lipinski definition) is 0. The number of rotatable bonds is 3. The third-order valence-corrected chi connectivity index (χ3v) is 8.41. The fourth-order valence-electron chi connectivity index (χ4n) is 0.990. The average molecular weight is 302 g/mol. The Kier molecular flexibility index (Phi) is 4.32. The second kappa shape index (κ2) is 4.98. The van der Waals surface area contributed by atoms with Gasteiger partial charge in [0.15, 0.2) is 8.32 Å². The molecule has 1 heterocycles. The number of nitrogens with zero attached hydrogens (tertiary/aromatic N) is 1. The molecule has 0 aliphatic heterocycles. The maximum Gasteiger partial charge on any atom is 0.192 e. The van der Waals surface area contributed by atoms with E-state index in [9.17, 15) is 0 Å². The molecule has 2 nitrogen and oxygen atoms in total. The molecule has 16 heavy (non-hydrogen) atoms. The molecule has 1 aromatic heterocycles. The van der Waals surface area contributed by atoms with E-state index < -0.39 is 8.32 Å². The van der Waals surface area contributed by atoms with Gasteiger partial charge < -0.3 is 4.43 Å². The first-order chi connectivity index (χ1) is 7.24. The summed E-state index contributed by atoms with van der Waals surface area (Å²) in [7, 11) is -1.67. The molecule has 1 aromatic rings. The maximum absolute atomic E-state index is 6.11. The van der Waals surface area contributed by atoms with E-state index in [0.717, 1.165) is 10.2 Å². The van der Waals surface area contributed by atoms with Gasteiger partial charge in [0.1, 0.15) is 0 Å². The highest BCUT2D eigenvalue weighted by Crippen LogP contribution is 2.37. The zero-order valence-electron chi connectivity index (χ0n) is 10.7. The summed E-state index contributed by atoms with van der Waals surface area (Å²) < 4.78 is 7.13. The summed E-state index contributed by atoms with van der Waals surface area (Å²) in [5, 5.41) is 0.244. The zero-order chi connectivity index (χ0) is 12.4. The molecule has 0 saturated carbocycles. The van der Waals surface area contributed by atoms with Crippen LogP contribution in [-0.2, 0) is 11.0 Å². The molecule has 0 bridgehead atoms. The molecule has 1 rings (SSSR count). The van der Waals surface area contributed by atoms with E-state index in [1.165, 1.54) is 0 Å². The van der Waals surface area contributed by atoms with Crippen LogP contribution in [0.2, 0.25) is 18.1 Å². The van der Waals surface area contributed by atoms with Crippen LogP contribution in [0.5, 0.6) is 0 Å². The van der Waals surface area contributed by atoms with Crippen molar-refractivity contribution in [3.8, 4) is 0 Å². The van der Waals surface area contributed by atoms with Crippen LogP contribution in [0.1, 0.15) is 26.5 Å². The summed E-state index contributed by atoms with van der Waals surface area (Å²) in [6.45, 7) is 11.8. The molecule has 4 heteroatoms. The van der Waals surface area contributed by atoms with E-state index in [1.54, 1.807) is 6.20 Å².